The molecule has 1 aromatic heterocycles. The molecular formula is C10H12N2. The van der Waals surface area contributed by atoms with Crippen molar-refractivity contribution in [2.24, 2.45) is 0 Å². The van der Waals surface area contributed by atoms with Crippen LogP contribution in [-0.2, 0) is 6.42 Å². The van der Waals surface area contributed by atoms with Crippen LogP contribution in [0.1, 0.15) is 5.69 Å². The number of allylic oxidation sites excluding steroid dienone is 1. The van der Waals surface area contributed by atoms with Gasteiger partial charge in [-0.15, -0.1) is 0 Å². The highest BCUT2D eigenvalue weighted by atomic mass is 15.0. The maximum Gasteiger partial charge on any atom is 0.0503 e. The molecule has 62 valence electrons. The largest absolute Gasteiger partial charge is 0.383 e. The Labute approximate surface area is 72.2 Å². The van der Waals surface area contributed by atoms with Crippen LogP contribution in [0.2, 0.25) is 0 Å². The van der Waals surface area contributed by atoms with E-state index in [1.54, 1.807) is 0 Å². The second kappa shape index (κ2) is 2.89. The Hall–Kier alpha value is -1.44. The SMILES string of the molecule is C=CC1=Cn2cccc2CCN1. The van der Waals surface area contributed by atoms with Gasteiger partial charge in [0.1, 0.15) is 0 Å². The van der Waals surface area contributed by atoms with Crippen molar-refractivity contribution in [2.75, 3.05) is 6.54 Å². The fraction of sp³-hybridized carbons (Fsp3) is 0.200. The van der Waals surface area contributed by atoms with Gasteiger partial charge in [0.15, 0.2) is 0 Å². The van der Waals surface area contributed by atoms with Gasteiger partial charge in [-0.25, -0.2) is 0 Å². The van der Waals surface area contributed by atoms with Crippen molar-refractivity contribution in [3.05, 3.63) is 42.4 Å². The summed E-state index contributed by atoms with van der Waals surface area (Å²) < 4.78 is 2.14. The number of fused-ring (bicyclic) bond motifs is 1. The van der Waals surface area contributed by atoms with Gasteiger partial charge < -0.3 is 9.88 Å². The topological polar surface area (TPSA) is 17.0 Å². The molecule has 2 nitrogen and oxygen atoms in total. The summed E-state index contributed by atoms with van der Waals surface area (Å²) in [5, 5.41) is 3.29. The summed E-state index contributed by atoms with van der Waals surface area (Å²) in [6, 6.07) is 4.21. The normalized spacial score (nSPS) is 15.5. The first-order chi connectivity index (χ1) is 5.90. The number of nitrogens with zero attached hydrogens (tertiary/aromatic N) is 1. The lowest BCUT2D eigenvalue weighted by molar-refractivity contribution is 0.807. The molecule has 1 aromatic rings. The Morgan fingerprint density at radius 1 is 1.58 bits per heavy atom. The number of nitrogens with one attached hydrogen (secondary N) is 1. The Morgan fingerprint density at radius 2 is 2.50 bits per heavy atom. The summed E-state index contributed by atoms with van der Waals surface area (Å²) in [6.07, 6.45) is 7.04. The van der Waals surface area contributed by atoms with E-state index in [2.05, 4.69) is 41.0 Å². The molecule has 2 rings (SSSR count). The summed E-state index contributed by atoms with van der Waals surface area (Å²) in [5.41, 5.74) is 2.43. The zero-order valence-electron chi connectivity index (χ0n) is 6.96. The van der Waals surface area contributed by atoms with Crippen LogP contribution in [0.5, 0.6) is 0 Å². The zero-order chi connectivity index (χ0) is 8.39. The molecule has 0 radical (unpaired) electrons. The lowest BCUT2D eigenvalue weighted by Gasteiger charge is -2.00. The fourth-order valence-corrected chi connectivity index (χ4v) is 1.42. The molecule has 0 aliphatic carbocycles. The highest BCUT2D eigenvalue weighted by Gasteiger charge is 2.03. The van der Waals surface area contributed by atoms with Crippen LogP contribution in [-0.4, -0.2) is 11.1 Å². The van der Waals surface area contributed by atoms with Gasteiger partial charge in [0.05, 0.1) is 5.70 Å². The molecule has 0 fully saturated rings. The Balaban J connectivity index is 2.41. The molecule has 0 unspecified atom stereocenters. The van der Waals surface area contributed by atoms with Gasteiger partial charge in [0.25, 0.3) is 0 Å². The molecule has 12 heavy (non-hydrogen) atoms. The van der Waals surface area contributed by atoms with Gasteiger partial charge >= 0.3 is 0 Å². The highest BCUT2D eigenvalue weighted by Crippen LogP contribution is 2.09. The van der Waals surface area contributed by atoms with Crippen molar-refractivity contribution in [3.63, 3.8) is 0 Å². The van der Waals surface area contributed by atoms with Crippen LogP contribution in [0.25, 0.3) is 6.20 Å². The monoisotopic (exact) mass is 160 g/mol. The van der Waals surface area contributed by atoms with Crippen molar-refractivity contribution < 1.29 is 0 Å². The van der Waals surface area contributed by atoms with Crippen molar-refractivity contribution in [1.82, 2.24) is 9.88 Å². The van der Waals surface area contributed by atoms with E-state index in [9.17, 15) is 0 Å². The van der Waals surface area contributed by atoms with Gasteiger partial charge in [-0.1, -0.05) is 6.58 Å². The van der Waals surface area contributed by atoms with Crippen molar-refractivity contribution in [2.45, 2.75) is 6.42 Å². The van der Waals surface area contributed by atoms with E-state index in [4.69, 9.17) is 0 Å². The number of hydrogen-bond acceptors (Lipinski definition) is 1. The molecule has 1 N–H and O–H groups in total. The van der Waals surface area contributed by atoms with Crippen LogP contribution in [0.15, 0.2) is 36.7 Å². The Bertz CT molecular complexity index is 320. The van der Waals surface area contributed by atoms with E-state index >= 15 is 0 Å². The van der Waals surface area contributed by atoms with Crippen LogP contribution < -0.4 is 5.32 Å². The third-order valence-corrected chi connectivity index (χ3v) is 2.08. The summed E-state index contributed by atoms with van der Waals surface area (Å²) in [6.45, 7) is 4.73. The minimum atomic E-state index is 0.988. The Kier molecular flexibility index (Phi) is 1.74. The molecule has 2 heteroatoms. The Morgan fingerprint density at radius 3 is 3.33 bits per heavy atom. The van der Waals surface area contributed by atoms with Crippen LogP contribution in [0, 0.1) is 0 Å². The number of rotatable bonds is 1. The van der Waals surface area contributed by atoms with E-state index in [0.29, 0.717) is 0 Å². The van der Waals surface area contributed by atoms with E-state index in [0.717, 1.165) is 18.7 Å². The predicted octanol–water partition coefficient (Wildman–Crippen LogP) is 1.62. The van der Waals surface area contributed by atoms with Gasteiger partial charge in [0.2, 0.25) is 0 Å². The van der Waals surface area contributed by atoms with Crippen molar-refractivity contribution in [3.8, 4) is 0 Å². The molecule has 0 atom stereocenters. The molecule has 0 saturated heterocycles. The molecule has 2 heterocycles. The van der Waals surface area contributed by atoms with Crippen LogP contribution in [0.3, 0.4) is 0 Å². The maximum atomic E-state index is 3.74. The average Bonchev–Trinajstić information content (AvgIpc) is 2.43. The van der Waals surface area contributed by atoms with Gasteiger partial charge in [-0.2, -0.15) is 0 Å². The second-order valence-electron chi connectivity index (χ2n) is 2.87. The molecule has 0 aromatic carbocycles. The minimum absolute atomic E-state index is 0.988. The second-order valence-corrected chi connectivity index (χ2v) is 2.87. The molecule has 1 aliphatic heterocycles. The lowest BCUT2D eigenvalue weighted by Crippen LogP contribution is -2.12. The summed E-state index contributed by atoms with van der Waals surface area (Å²) in [4.78, 5) is 0. The molecule has 0 saturated carbocycles. The van der Waals surface area contributed by atoms with Crippen molar-refractivity contribution >= 4 is 6.20 Å². The first kappa shape index (κ1) is 7.22. The van der Waals surface area contributed by atoms with Gasteiger partial charge in [-0.3, -0.25) is 0 Å². The molecule has 1 aliphatic rings. The molecule has 0 spiro atoms. The summed E-state index contributed by atoms with van der Waals surface area (Å²) in [5.74, 6) is 0. The number of hydrogen-bond donors (Lipinski definition) is 1. The van der Waals surface area contributed by atoms with E-state index in [1.807, 2.05) is 6.08 Å². The van der Waals surface area contributed by atoms with Crippen LogP contribution >= 0.6 is 0 Å². The van der Waals surface area contributed by atoms with Gasteiger partial charge in [-0.05, 0) is 18.2 Å². The minimum Gasteiger partial charge on any atom is -0.383 e. The average molecular weight is 160 g/mol. The third-order valence-electron chi connectivity index (χ3n) is 2.08. The number of aromatic nitrogens is 1. The molecular weight excluding hydrogens is 148 g/mol. The highest BCUT2D eigenvalue weighted by molar-refractivity contribution is 5.40. The maximum absolute atomic E-state index is 3.74. The van der Waals surface area contributed by atoms with Gasteiger partial charge in [0, 0.05) is 31.1 Å². The zero-order valence-corrected chi connectivity index (χ0v) is 6.96. The first-order valence-electron chi connectivity index (χ1n) is 4.14. The first-order valence-corrected chi connectivity index (χ1v) is 4.14. The van der Waals surface area contributed by atoms with E-state index in [-0.39, 0.29) is 0 Å². The van der Waals surface area contributed by atoms with E-state index in [1.165, 1.54) is 5.69 Å². The third kappa shape index (κ3) is 1.16. The van der Waals surface area contributed by atoms with E-state index < -0.39 is 0 Å². The fourth-order valence-electron chi connectivity index (χ4n) is 1.42. The molecule has 0 amide bonds. The standard InChI is InChI=1S/C10H12N2/c1-2-9-8-12-7-3-4-10(12)5-6-11-9/h2-4,7-8,11H,1,5-6H2. The predicted molar refractivity (Wildman–Crippen MR) is 50.6 cm³/mol. The lowest BCUT2D eigenvalue weighted by atomic mass is 10.3. The summed E-state index contributed by atoms with van der Waals surface area (Å²) in [7, 11) is 0. The smallest absolute Gasteiger partial charge is 0.0503 e. The van der Waals surface area contributed by atoms with Crippen molar-refractivity contribution in [1.29, 1.82) is 0 Å². The quantitative estimate of drug-likeness (QED) is 0.660. The molecule has 0 bridgehead atoms. The summed E-state index contributed by atoms with van der Waals surface area (Å²) >= 11 is 0. The van der Waals surface area contributed by atoms with Crippen LogP contribution in [0.4, 0.5) is 0 Å².